The average Bonchev–Trinajstić information content (AvgIpc) is 1.91. The Morgan fingerprint density at radius 1 is 1.08 bits per heavy atom. The molecule has 1 heterocycles. The molecule has 0 aromatic rings. The molecule has 0 amide bonds. The molecule has 6 heteroatoms. The third kappa shape index (κ3) is 19.2. The molecule has 0 aromatic carbocycles. The highest BCUT2D eigenvalue weighted by Gasteiger charge is 2.03. The Morgan fingerprint density at radius 3 is 1.69 bits per heavy atom. The highest BCUT2D eigenvalue weighted by Crippen LogP contribution is 1.80. The van der Waals surface area contributed by atoms with Crippen molar-refractivity contribution in [2.24, 2.45) is 0 Å². The first kappa shape index (κ1) is 23.5. The average molecular weight is 255 g/mol. The van der Waals surface area contributed by atoms with Crippen LogP contribution in [-0.2, 0) is 0 Å². The van der Waals surface area contributed by atoms with E-state index in [1.165, 1.54) is 0 Å². The maximum absolute atomic E-state index is 3.32. The molecule has 13 heavy (non-hydrogen) atoms. The molecule has 1 unspecified atom stereocenters. The lowest BCUT2D eigenvalue weighted by Gasteiger charge is -2.19. The SMILES string of the molecule is CC1CNCCN1.CNC.Cl.Cl.Cl. The Morgan fingerprint density at radius 2 is 1.54 bits per heavy atom. The van der Waals surface area contributed by atoms with Gasteiger partial charge in [0.05, 0.1) is 0 Å². The molecule has 1 rings (SSSR count). The van der Waals surface area contributed by atoms with Gasteiger partial charge < -0.3 is 16.0 Å². The predicted molar refractivity (Wildman–Crippen MR) is 67.1 cm³/mol. The fourth-order valence-electron chi connectivity index (χ4n) is 0.798. The highest BCUT2D eigenvalue weighted by molar-refractivity contribution is 5.86. The Labute approximate surface area is 100 Å². The quantitative estimate of drug-likeness (QED) is 0.595. The van der Waals surface area contributed by atoms with Crippen molar-refractivity contribution in [1.29, 1.82) is 0 Å². The first-order chi connectivity index (χ1) is 4.81. The smallest absolute Gasteiger partial charge is 0.0164 e. The summed E-state index contributed by atoms with van der Waals surface area (Å²) in [6, 6.07) is 0.675. The summed E-state index contributed by atoms with van der Waals surface area (Å²) in [5.41, 5.74) is 0. The highest BCUT2D eigenvalue weighted by atomic mass is 35.5. The molecule has 3 N–H and O–H groups in total. The van der Waals surface area contributed by atoms with Crippen LogP contribution in [-0.4, -0.2) is 39.8 Å². The minimum atomic E-state index is 0. The van der Waals surface area contributed by atoms with Crippen LogP contribution in [0.15, 0.2) is 0 Å². The molecule has 0 aliphatic carbocycles. The molecule has 3 nitrogen and oxygen atoms in total. The van der Waals surface area contributed by atoms with E-state index in [1.54, 1.807) is 0 Å². The lowest BCUT2D eigenvalue weighted by molar-refractivity contribution is 0.442. The normalized spacial score (nSPS) is 19.2. The zero-order valence-electron chi connectivity index (χ0n) is 8.42. The summed E-state index contributed by atoms with van der Waals surface area (Å²) in [7, 11) is 3.75. The molecule has 0 spiro atoms. The Hall–Kier alpha value is 0.750. The fourth-order valence-corrected chi connectivity index (χ4v) is 0.798. The lowest BCUT2D eigenvalue weighted by atomic mass is 10.3. The van der Waals surface area contributed by atoms with Gasteiger partial charge in [-0.1, -0.05) is 0 Å². The van der Waals surface area contributed by atoms with Crippen LogP contribution in [0.4, 0.5) is 0 Å². The third-order valence-corrected chi connectivity index (χ3v) is 1.25. The van der Waals surface area contributed by atoms with Gasteiger partial charge in [0.2, 0.25) is 0 Å². The second-order valence-corrected chi connectivity index (χ2v) is 2.56. The Kier molecular flexibility index (Phi) is 33.5. The van der Waals surface area contributed by atoms with Crippen molar-refractivity contribution in [2.75, 3.05) is 33.7 Å². The zero-order valence-corrected chi connectivity index (χ0v) is 10.9. The molecule has 1 aliphatic rings. The van der Waals surface area contributed by atoms with Gasteiger partial charge in [-0.05, 0) is 21.0 Å². The molecule has 0 aromatic heterocycles. The van der Waals surface area contributed by atoms with Gasteiger partial charge in [0.1, 0.15) is 0 Å². The van der Waals surface area contributed by atoms with E-state index in [-0.39, 0.29) is 37.2 Å². The predicted octanol–water partition coefficient (Wildman–Crippen LogP) is 0.669. The van der Waals surface area contributed by atoms with Gasteiger partial charge in [0.15, 0.2) is 0 Å². The van der Waals surface area contributed by atoms with Gasteiger partial charge in [0.25, 0.3) is 0 Å². The van der Waals surface area contributed by atoms with Crippen molar-refractivity contribution in [1.82, 2.24) is 16.0 Å². The van der Waals surface area contributed by atoms with Crippen molar-refractivity contribution in [3.63, 3.8) is 0 Å². The van der Waals surface area contributed by atoms with E-state index >= 15 is 0 Å². The van der Waals surface area contributed by atoms with Crippen LogP contribution >= 0.6 is 37.2 Å². The third-order valence-electron chi connectivity index (χ3n) is 1.25. The molecule has 1 atom stereocenters. The number of piperazine rings is 1. The number of hydrogen-bond donors (Lipinski definition) is 3. The first-order valence-corrected chi connectivity index (χ1v) is 3.83. The second-order valence-electron chi connectivity index (χ2n) is 2.56. The first-order valence-electron chi connectivity index (χ1n) is 3.83. The van der Waals surface area contributed by atoms with Crippen LogP contribution in [0.1, 0.15) is 6.92 Å². The molecular weight excluding hydrogens is 232 g/mol. The minimum Gasteiger partial charge on any atom is -0.323 e. The van der Waals surface area contributed by atoms with Crippen LogP contribution in [0.3, 0.4) is 0 Å². The van der Waals surface area contributed by atoms with Crippen molar-refractivity contribution in [2.45, 2.75) is 13.0 Å². The Bertz CT molecular complexity index is 70.0. The lowest BCUT2D eigenvalue weighted by Crippen LogP contribution is -2.46. The molecule has 0 bridgehead atoms. The molecule has 1 saturated heterocycles. The molecular formula is C7H22Cl3N3. The Balaban J connectivity index is -0.0000000615. The maximum atomic E-state index is 3.32. The van der Waals surface area contributed by atoms with Crippen molar-refractivity contribution in [3.05, 3.63) is 0 Å². The largest absolute Gasteiger partial charge is 0.323 e. The van der Waals surface area contributed by atoms with Crippen molar-refractivity contribution < 1.29 is 0 Å². The van der Waals surface area contributed by atoms with Gasteiger partial charge in [0, 0.05) is 25.7 Å². The summed E-state index contributed by atoms with van der Waals surface area (Å²) < 4.78 is 0. The molecule has 0 saturated carbocycles. The van der Waals surface area contributed by atoms with Crippen LogP contribution in [0, 0.1) is 0 Å². The van der Waals surface area contributed by atoms with E-state index in [9.17, 15) is 0 Å². The van der Waals surface area contributed by atoms with E-state index in [0.717, 1.165) is 19.6 Å². The minimum absolute atomic E-state index is 0. The van der Waals surface area contributed by atoms with Crippen LogP contribution in [0.25, 0.3) is 0 Å². The number of hydrogen-bond acceptors (Lipinski definition) is 3. The van der Waals surface area contributed by atoms with Gasteiger partial charge in [-0.3, -0.25) is 0 Å². The molecule has 0 radical (unpaired) electrons. The van der Waals surface area contributed by atoms with Gasteiger partial charge in [-0.2, -0.15) is 0 Å². The van der Waals surface area contributed by atoms with Crippen molar-refractivity contribution in [3.8, 4) is 0 Å². The fraction of sp³-hybridized carbons (Fsp3) is 1.00. The summed E-state index contributed by atoms with van der Waals surface area (Å²) in [6.45, 7) is 5.57. The van der Waals surface area contributed by atoms with E-state index in [0.29, 0.717) is 6.04 Å². The molecule has 1 aliphatic heterocycles. The number of halogens is 3. The maximum Gasteiger partial charge on any atom is 0.0164 e. The summed E-state index contributed by atoms with van der Waals surface area (Å²) in [5, 5.41) is 9.34. The van der Waals surface area contributed by atoms with Crippen LogP contribution < -0.4 is 16.0 Å². The monoisotopic (exact) mass is 253 g/mol. The van der Waals surface area contributed by atoms with Crippen LogP contribution in [0.5, 0.6) is 0 Å². The standard InChI is InChI=1S/C5H12N2.C2H7N.3ClH/c1-5-4-6-2-3-7-5;1-3-2;;;/h5-7H,2-4H2,1H3;3H,1-2H3;3*1H. The van der Waals surface area contributed by atoms with E-state index in [2.05, 4.69) is 22.9 Å². The van der Waals surface area contributed by atoms with Gasteiger partial charge in [-0.15, -0.1) is 37.2 Å². The number of nitrogens with one attached hydrogen (secondary N) is 3. The zero-order chi connectivity index (χ0) is 7.82. The topological polar surface area (TPSA) is 36.1 Å². The summed E-state index contributed by atoms with van der Waals surface area (Å²) in [4.78, 5) is 0. The van der Waals surface area contributed by atoms with Crippen LogP contribution in [0.2, 0.25) is 0 Å². The van der Waals surface area contributed by atoms with E-state index in [1.807, 2.05) is 14.1 Å². The second kappa shape index (κ2) is 18.5. The summed E-state index contributed by atoms with van der Waals surface area (Å²) >= 11 is 0. The van der Waals surface area contributed by atoms with Gasteiger partial charge in [-0.25, -0.2) is 0 Å². The molecule has 86 valence electrons. The van der Waals surface area contributed by atoms with E-state index in [4.69, 9.17) is 0 Å². The summed E-state index contributed by atoms with van der Waals surface area (Å²) in [6.07, 6.45) is 0. The summed E-state index contributed by atoms with van der Waals surface area (Å²) in [5.74, 6) is 0. The van der Waals surface area contributed by atoms with Gasteiger partial charge >= 0.3 is 0 Å². The van der Waals surface area contributed by atoms with E-state index < -0.39 is 0 Å². The molecule has 1 fully saturated rings. The number of rotatable bonds is 0. The van der Waals surface area contributed by atoms with Crippen molar-refractivity contribution >= 4 is 37.2 Å².